The molecule has 128 valence electrons. The molecule has 3 aromatic rings. The van der Waals surface area contributed by atoms with Crippen LogP contribution in [0.3, 0.4) is 0 Å². The van der Waals surface area contributed by atoms with Gasteiger partial charge in [-0.15, -0.1) is 0 Å². The molecule has 25 heavy (non-hydrogen) atoms. The zero-order valence-corrected chi connectivity index (χ0v) is 14.3. The quantitative estimate of drug-likeness (QED) is 0.692. The molecule has 2 heterocycles. The number of benzene rings is 1. The number of anilines is 1. The lowest BCUT2D eigenvalue weighted by atomic mass is 10.2. The van der Waals surface area contributed by atoms with E-state index in [2.05, 4.69) is 15.0 Å². The lowest BCUT2D eigenvalue weighted by Crippen LogP contribution is -2.34. The number of carbonyl (C=O) groups is 1. The fourth-order valence-electron chi connectivity index (χ4n) is 2.41. The average molecular weight is 336 g/mol. The molecule has 0 atom stereocenters. The van der Waals surface area contributed by atoms with Gasteiger partial charge in [-0.3, -0.25) is 9.78 Å². The summed E-state index contributed by atoms with van der Waals surface area (Å²) >= 11 is 0. The molecule has 0 saturated heterocycles. The van der Waals surface area contributed by atoms with E-state index in [1.807, 2.05) is 55.6 Å². The highest BCUT2D eigenvalue weighted by molar-refractivity contribution is 5.92. The summed E-state index contributed by atoms with van der Waals surface area (Å²) in [6.45, 7) is 1.29. The zero-order valence-electron chi connectivity index (χ0n) is 14.3. The first-order valence-electron chi connectivity index (χ1n) is 8.05. The van der Waals surface area contributed by atoms with Crippen LogP contribution in [0.4, 0.5) is 5.69 Å². The molecule has 6 heteroatoms. The average Bonchev–Trinajstić information content (AvgIpc) is 3.16. The van der Waals surface area contributed by atoms with Crippen molar-refractivity contribution in [3.63, 3.8) is 0 Å². The van der Waals surface area contributed by atoms with Crippen LogP contribution in [0.2, 0.25) is 0 Å². The van der Waals surface area contributed by atoms with Crippen LogP contribution in [0.5, 0.6) is 0 Å². The van der Waals surface area contributed by atoms with E-state index >= 15 is 0 Å². The standard InChI is InChI=1S/C19H20N4O2/c1-22(15-8-4-3-5-9-15)12-13-23(2)19(24)18-14-17(21-25-18)16-10-6-7-11-20-16/h3-11,14H,12-13H2,1-2H3. The number of pyridine rings is 1. The summed E-state index contributed by atoms with van der Waals surface area (Å²) in [4.78, 5) is 20.4. The molecule has 2 aromatic heterocycles. The Labute approximate surface area is 146 Å². The van der Waals surface area contributed by atoms with Gasteiger partial charge in [0, 0.05) is 45.1 Å². The molecule has 0 unspecified atom stereocenters. The molecule has 0 N–H and O–H groups in total. The van der Waals surface area contributed by atoms with Crippen molar-refractivity contribution in [2.75, 3.05) is 32.1 Å². The Morgan fingerprint density at radius 1 is 1.00 bits per heavy atom. The van der Waals surface area contributed by atoms with Gasteiger partial charge < -0.3 is 14.3 Å². The van der Waals surface area contributed by atoms with Crippen molar-refractivity contribution < 1.29 is 9.32 Å². The third-order valence-corrected chi connectivity index (χ3v) is 3.96. The molecule has 1 aromatic carbocycles. The summed E-state index contributed by atoms with van der Waals surface area (Å²) in [6, 6.07) is 17.2. The molecule has 0 fully saturated rings. The number of rotatable bonds is 6. The first-order chi connectivity index (χ1) is 12.1. The van der Waals surface area contributed by atoms with Gasteiger partial charge in [-0.2, -0.15) is 0 Å². The van der Waals surface area contributed by atoms with E-state index in [1.54, 1.807) is 24.2 Å². The monoisotopic (exact) mass is 336 g/mol. The van der Waals surface area contributed by atoms with Crippen LogP contribution in [-0.4, -0.2) is 48.1 Å². The van der Waals surface area contributed by atoms with Crippen molar-refractivity contribution in [3.05, 3.63) is 66.6 Å². The number of aromatic nitrogens is 2. The predicted octanol–water partition coefficient (Wildman–Crippen LogP) is 2.95. The Morgan fingerprint density at radius 3 is 2.48 bits per heavy atom. The van der Waals surface area contributed by atoms with Gasteiger partial charge >= 0.3 is 0 Å². The highest BCUT2D eigenvalue weighted by Gasteiger charge is 2.18. The van der Waals surface area contributed by atoms with Gasteiger partial charge in [0.2, 0.25) is 5.76 Å². The number of nitrogens with zero attached hydrogens (tertiary/aromatic N) is 4. The van der Waals surface area contributed by atoms with Crippen LogP contribution >= 0.6 is 0 Å². The van der Waals surface area contributed by atoms with Crippen LogP contribution in [0, 0.1) is 0 Å². The predicted molar refractivity (Wildman–Crippen MR) is 96.4 cm³/mol. The first-order valence-corrected chi connectivity index (χ1v) is 8.05. The lowest BCUT2D eigenvalue weighted by molar-refractivity contribution is 0.0757. The van der Waals surface area contributed by atoms with Crippen molar-refractivity contribution in [2.45, 2.75) is 0 Å². The molecule has 0 radical (unpaired) electrons. The molecular weight excluding hydrogens is 316 g/mol. The molecule has 0 aliphatic heterocycles. The summed E-state index contributed by atoms with van der Waals surface area (Å²) in [6.07, 6.45) is 1.68. The lowest BCUT2D eigenvalue weighted by Gasteiger charge is -2.23. The van der Waals surface area contributed by atoms with Crippen LogP contribution in [0.15, 0.2) is 65.3 Å². The number of likely N-dealkylation sites (N-methyl/N-ethyl adjacent to an activating group) is 2. The highest BCUT2D eigenvalue weighted by atomic mass is 16.5. The third-order valence-electron chi connectivity index (χ3n) is 3.96. The van der Waals surface area contributed by atoms with Gasteiger partial charge in [0.1, 0.15) is 5.69 Å². The van der Waals surface area contributed by atoms with Crippen LogP contribution in [0.25, 0.3) is 11.4 Å². The number of carbonyl (C=O) groups excluding carboxylic acids is 1. The Bertz CT molecular complexity index is 818. The van der Waals surface area contributed by atoms with Crippen molar-refractivity contribution in [1.29, 1.82) is 0 Å². The SMILES string of the molecule is CN(CCN(C)c1ccccc1)C(=O)c1cc(-c2ccccn2)no1. The van der Waals surface area contributed by atoms with Crippen molar-refractivity contribution in [3.8, 4) is 11.4 Å². The first kappa shape index (κ1) is 16.7. The van der Waals surface area contributed by atoms with E-state index in [4.69, 9.17) is 4.52 Å². The number of para-hydroxylation sites is 1. The molecule has 0 aliphatic rings. The van der Waals surface area contributed by atoms with Gasteiger partial charge in [-0.25, -0.2) is 0 Å². The van der Waals surface area contributed by atoms with Gasteiger partial charge in [0.05, 0.1) is 5.69 Å². The van der Waals surface area contributed by atoms with Crippen LogP contribution in [-0.2, 0) is 0 Å². The number of hydrogen-bond donors (Lipinski definition) is 0. The maximum Gasteiger partial charge on any atom is 0.292 e. The van der Waals surface area contributed by atoms with Gasteiger partial charge in [-0.05, 0) is 24.3 Å². The molecule has 6 nitrogen and oxygen atoms in total. The van der Waals surface area contributed by atoms with Crippen molar-refractivity contribution in [2.24, 2.45) is 0 Å². The number of hydrogen-bond acceptors (Lipinski definition) is 5. The van der Waals surface area contributed by atoms with E-state index in [9.17, 15) is 4.79 Å². The summed E-state index contributed by atoms with van der Waals surface area (Å²) in [5, 5.41) is 3.94. The Kier molecular flexibility index (Phi) is 5.09. The fourth-order valence-corrected chi connectivity index (χ4v) is 2.41. The fraction of sp³-hybridized carbons (Fsp3) is 0.211. The van der Waals surface area contributed by atoms with Gasteiger partial charge in [0.15, 0.2) is 0 Å². The largest absolute Gasteiger partial charge is 0.373 e. The third kappa shape index (κ3) is 4.03. The Hall–Kier alpha value is -3.15. The molecule has 0 aliphatic carbocycles. The topological polar surface area (TPSA) is 62.5 Å². The van der Waals surface area contributed by atoms with E-state index in [0.717, 1.165) is 5.69 Å². The molecule has 0 saturated carbocycles. The maximum atomic E-state index is 12.5. The Morgan fingerprint density at radius 2 is 1.76 bits per heavy atom. The zero-order chi connectivity index (χ0) is 17.6. The minimum Gasteiger partial charge on any atom is -0.373 e. The van der Waals surface area contributed by atoms with Crippen LogP contribution < -0.4 is 4.90 Å². The summed E-state index contributed by atoms with van der Waals surface area (Å²) in [5.41, 5.74) is 2.34. The van der Waals surface area contributed by atoms with Gasteiger partial charge in [-0.1, -0.05) is 29.4 Å². The normalized spacial score (nSPS) is 10.5. The van der Waals surface area contributed by atoms with E-state index in [0.29, 0.717) is 24.5 Å². The van der Waals surface area contributed by atoms with E-state index in [-0.39, 0.29) is 11.7 Å². The van der Waals surface area contributed by atoms with E-state index in [1.165, 1.54) is 0 Å². The summed E-state index contributed by atoms with van der Waals surface area (Å²) in [5.74, 6) is 0.0154. The maximum absolute atomic E-state index is 12.5. The second kappa shape index (κ2) is 7.61. The second-order valence-electron chi connectivity index (χ2n) is 5.78. The van der Waals surface area contributed by atoms with E-state index < -0.39 is 0 Å². The molecule has 0 bridgehead atoms. The summed E-state index contributed by atoms with van der Waals surface area (Å²) < 4.78 is 5.20. The van der Waals surface area contributed by atoms with Crippen LogP contribution in [0.1, 0.15) is 10.6 Å². The second-order valence-corrected chi connectivity index (χ2v) is 5.78. The van der Waals surface area contributed by atoms with Crippen molar-refractivity contribution in [1.82, 2.24) is 15.0 Å². The molecule has 1 amide bonds. The van der Waals surface area contributed by atoms with Gasteiger partial charge in [0.25, 0.3) is 5.91 Å². The molecule has 0 spiro atoms. The number of amides is 1. The minimum absolute atomic E-state index is 0.198. The summed E-state index contributed by atoms with van der Waals surface area (Å²) in [7, 11) is 3.76. The Balaban J connectivity index is 1.60. The van der Waals surface area contributed by atoms with Crippen molar-refractivity contribution >= 4 is 11.6 Å². The molecule has 3 rings (SSSR count). The minimum atomic E-state index is -0.198. The molecular formula is C19H20N4O2. The highest BCUT2D eigenvalue weighted by Crippen LogP contribution is 2.17. The smallest absolute Gasteiger partial charge is 0.292 e.